The molecule has 1 aromatic heterocycles. The molecule has 1 aromatic rings. The predicted octanol–water partition coefficient (Wildman–Crippen LogP) is 2.96. The second-order valence-electron chi connectivity index (χ2n) is 5.33. The van der Waals surface area contributed by atoms with E-state index in [-0.39, 0.29) is 6.04 Å². The highest BCUT2D eigenvalue weighted by Crippen LogP contribution is 2.21. The van der Waals surface area contributed by atoms with E-state index in [1.165, 1.54) is 11.3 Å². The Bertz CT molecular complexity index is 497. The Morgan fingerprint density at radius 2 is 2.00 bits per heavy atom. The molecule has 2 atom stereocenters. The summed E-state index contributed by atoms with van der Waals surface area (Å²) in [4.78, 5) is 0. The number of sulfonamides is 1. The largest absolute Gasteiger partial charge is 0.313 e. The van der Waals surface area contributed by atoms with Crippen molar-refractivity contribution in [3.63, 3.8) is 0 Å². The van der Waals surface area contributed by atoms with Gasteiger partial charge in [-0.05, 0) is 42.8 Å². The first-order valence-electron chi connectivity index (χ1n) is 7.19. The molecule has 2 N–H and O–H groups in total. The number of hydrogen-bond donors (Lipinski definition) is 2. The maximum Gasteiger partial charge on any atom is 0.250 e. The summed E-state index contributed by atoms with van der Waals surface area (Å²) in [6.07, 6.45) is 1.93. The van der Waals surface area contributed by atoms with Gasteiger partial charge < -0.3 is 5.32 Å². The van der Waals surface area contributed by atoms with Gasteiger partial charge in [-0.1, -0.05) is 27.2 Å². The third kappa shape index (κ3) is 5.52. The molecule has 1 heterocycles. The van der Waals surface area contributed by atoms with Gasteiger partial charge in [-0.3, -0.25) is 0 Å². The normalized spacial score (nSPS) is 15.2. The fraction of sp³-hybridized carbons (Fsp3) is 0.714. The van der Waals surface area contributed by atoms with E-state index >= 15 is 0 Å². The standard InChI is InChI=1S/C14H26N2O2S2/c1-5-11(3)7-12(4)16-20(17,18)14-8-13(10-19-14)9-15-6-2/h8,10-12,15-16H,5-7,9H2,1-4H3. The van der Waals surface area contributed by atoms with Gasteiger partial charge in [0.2, 0.25) is 10.0 Å². The molecule has 0 bridgehead atoms. The van der Waals surface area contributed by atoms with E-state index in [0.717, 1.165) is 24.9 Å². The molecule has 0 radical (unpaired) electrons. The quantitative estimate of drug-likeness (QED) is 0.736. The van der Waals surface area contributed by atoms with E-state index < -0.39 is 10.0 Å². The molecule has 0 saturated carbocycles. The lowest BCUT2D eigenvalue weighted by Gasteiger charge is -2.16. The maximum atomic E-state index is 12.3. The van der Waals surface area contributed by atoms with Crippen LogP contribution in [0.5, 0.6) is 0 Å². The third-order valence-electron chi connectivity index (χ3n) is 3.28. The minimum atomic E-state index is -3.38. The van der Waals surface area contributed by atoms with Crippen LogP contribution in [-0.2, 0) is 16.6 Å². The summed E-state index contributed by atoms with van der Waals surface area (Å²) in [7, 11) is -3.38. The van der Waals surface area contributed by atoms with E-state index in [0.29, 0.717) is 16.7 Å². The van der Waals surface area contributed by atoms with Gasteiger partial charge in [0.05, 0.1) is 0 Å². The Hall–Kier alpha value is -0.430. The summed E-state index contributed by atoms with van der Waals surface area (Å²) in [5.41, 5.74) is 1.02. The zero-order valence-corrected chi connectivity index (χ0v) is 14.4. The van der Waals surface area contributed by atoms with Gasteiger partial charge >= 0.3 is 0 Å². The molecule has 0 aromatic carbocycles. The zero-order valence-electron chi connectivity index (χ0n) is 12.8. The number of thiophene rings is 1. The monoisotopic (exact) mass is 318 g/mol. The molecule has 1 rings (SSSR count). The molecule has 0 saturated heterocycles. The summed E-state index contributed by atoms with van der Waals surface area (Å²) in [6.45, 7) is 9.81. The van der Waals surface area contributed by atoms with Gasteiger partial charge in [0.15, 0.2) is 0 Å². The van der Waals surface area contributed by atoms with E-state index in [9.17, 15) is 8.42 Å². The number of nitrogens with one attached hydrogen (secondary N) is 2. The van der Waals surface area contributed by atoms with Crippen LogP contribution >= 0.6 is 11.3 Å². The lowest BCUT2D eigenvalue weighted by atomic mass is 10.0. The van der Waals surface area contributed by atoms with Crippen LogP contribution in [0.4, 0.5) is 0 Å². The van der Waals surface area contributed by atoms with Gasteiger partial charge in [-0.25, -0.2) is 13.1 Å². The highest BCUT2D eigenvalue weighted by Gasteiger charge is 2.20. The molecule has 0 aliphatic carbocycles. The van der Waals surface area contributed by atoms with E-state index in [4.69, 9.17) is 0 Å². The van der Waals surface area contributed by atoms with Crippen LogP contribution in [0.2, 0.25) is 0 Å². The molecule has 20 heavy (non-hydrogen) atoms. The molecule has 0 fully saturated rings. The van der Waals surface area contributed by atoms with Gasteiger partial charge in [0.25, 0.3) is 0 Å². The fourth-order valence-electron chi connectivity index (χ4n) is 2.00. The van der Waals surface area contributed by atoms with Crippen molar-refractivity contribution in [1.82, 2.24) is 10.0 Å². The van der Waals surface area contributed by atoms with Crippen molar-refractivity contribution < 1.29 is 8.42 Å². The van der Waals surface area contributed by atoms with Crippen molar-refractivity contribution in [3.8, 4) is 0 Å². The van der Waals surface area contributed by atoms with Crippen LogP contribution in [0.25, 0.3) is 0 Å². The molecular weight excluding hydrogens is 292 g/mol. The van der Waals surface area contributed by atoms with E-state index in [2.05, 4.69) is 23.9 Å². The van der Waals surface area contributed by atoms with Gasteiger partial charge in [0.1, 0.15) is 4.21 Å². The van der Waals surface area contributed by atoms with Crippen molar-refractivity contribution in [2.45, 2.75) is 57.3 Å². The first-order chi connectivity index (χ1) is 9.39. The van der Waals surface area contributed by atoms with Crippen LogP contribution in [0, 0.1) is 5.92 Å². The van der Waals surface area contributed by atoms with E-state index in [1.54, 1.807) is 6.07 Å². The Morgan fingerprint density at radius 3 is 2.60 bits per heavy atom. The highest BCUT2D eigenvalue weighted by atomic mass is 32.2. The molecule has 2 unspecified atom stereocenters. The first-order valence-corrected chi connectivity index (χ1v) is 9.55. The lowest BCUT2D eigenvalue weighted by Crippen LogP contribution is -2.33. The molecule has 0 aliphatic rings. The summed E-state index contributed by atoms with van der Waals surface area (Å²) < 4.78 is 27.7. The third-order valence-corrected chi connectivity index (χ3v) is 6.36. The average molecular weight is 319 g/mol. The van der Waals surface area contributed by atoms with Crippen molar-refractivity contribution in [3.05, 3.63) is 17.0 Å². The number of rotatable bonds is 9. The van der Waals surface area contributed by atoms with Gasteiger partial charge in [-0.15, -0.1) is 11.3 Å². The lowest BCUT2D eigenvalue weighted by molar-refractivity contribution is 0.446. The van der Waals surface area contributed by atoms with Crippen LogP contribution < -0.4 is 10.0 Å². The Kier molecular flexibility index (Phi) is 7.15. The minimum Gasteiger partial charge on any atom is -0.313 e. The SMILES string of the molecule is CCNCc1csc(S(=O)(=O)NC(C)CC(C)CC)c1. The predicted molar refractivity (Wildman–Crippen MR) is 85.6 cm³/mol. The smallest absolute Gasteiger partial charge is 0.250 e. The Balaban J connectivity index is 2.66. The van der Waals surface area contributed by atoms with Crippen molar-refractivity contribution in [2.24, 2.45) is 5.92 Å². The summed E-state index contributed by atoms with van der Waals surface area (Å²) in [6, 6.07) is 1.72. The topological polar surface area (TPSA) is 58.2 Å². The minimum absolute atomic E-state index is 0.0331. The van der Waals surface area contributed by atoms with Crippen molar-refractivity contribution in [1.29, 1.82) is 0 Å². The molecule has 0 aliphatic heterocycles. The second-order valence-corrected chi connectivity index (χ2v) is 8.18. The molecular formula is C14H26N2O2S2. The highest BCUT2D eigenvalue weighted by molar-refractivity contribution is 7.91. The van der Waals surface area contributed by atoms with Crippen molar-refractivity contribution >= 4 is 21.4 Å². The molecule has 0 spiro atoms. The molecule has 116 valence electrons. The molecule has 4 nitrogen and oxygen atoms in total. The van der Waals surface area contributed by atoms with Crippen LogP contribution in [0.1, 0.15) is 46.1 Å². The fourth-order valence-corrected chi connectivity index (χ4v) is 4.48. The summed E-state index contributed by atoms with van der Waals surface area (Å²) in [5, 5.41) is 5.09. The maximum absolute atomic E-state index is 12.3. The van der Waals surface area contributed by atoms with Gasteiger partial charge in [-0.2, -0.15) is 0 Å². The van der Waals surface area contributed by atoms with Crippen LogP contribution in [0.3, 0.4) is 0 Å². The average Bonchev–Trinajstić information content (AvgIpc) is 2.84. The second kappa shape index (κ2) is 8.12. The first kappa shape index (κ1) is 17.6. The van der Waals surface area contributed by atoms with Crippen molar-refractivity contribution in [2.75, 3.05) is 6.54 Å². The summed E-state index contributed by atoms with van der Waals surface area (Å²) in [5.74, 6) is 0.528. The Labute approximate surface area is 127 Å². The number of hydrogen-bond acceptors (Lipinski definition) is 4. The van der Waals surface area contributed by atoms with Crippen LogP contribution in [0.15, 0.2) is 15.7 Å². The van der Waals surface area contributed by atoms with Crippen LogP contribution in [-0.4, -0.2) is 21.0 Å². The zero-order chi connectivity index (χ0) is 15.2. The molecule has 6 heteroatoms. The summed E-state index contributed by atoms with van der Waals surface area (Å²) >= 11 is 1.28. The Morgan fingerprint density at radius 1 is 1.30 bits per heavy atom. The molecule has 0 amide bonds. The van der Waals surface area contributed by atoms with Gasteiger partial charge in [0, 0.05) is 12.6 Å². The van der Waals surface area contributed by atoms with E-state index in [1.807, 2.05) is 19.2 Å².